The SMILES string of the molecule is CCP(CC)CCNCCP(CC)CC.[Cl][Cr]([Cl])[Cl]. The van der Waals surface area contributed by atoms with E-state index in [1.54, 1.807) is 0 Å². The fourth-order valence-electron chi connectivity index (χ4n) is 1.68. The van der Waals surface area contributed by atoms with Crippen molar-refractivity contribution in [3.63, 3.8) is 0 Å². The summed E-state index contributed by atoms with van der Waals surface area (Å²) in [7, 11) is 15.5. The standard InChI is InChI=1S/C12H29NP2.3ClH.Cr/c1-5-14(6-2)11-9-13-10-12-15(7-3)8-4;;;;/h13H,5-12H2,1-4H3;3*1H;/q;;;;+3/p-3. The number of hydrogen-bond donors (Lipinski definition) is 1. The Kier molecular flexibility index (Phi) is 22.6. The Morgan fingerprint density at radius 3 is 1.21 bits per heavy atom. The van der Waals surface area contributed by atoms with Gasteiger partial charge >= 0.3 is 41.5 Å². The molecular weight excluding hydrogens is 378 g/mol. The summed E-state index contributed by atoms with van der Waals surface area (Å²) in [6.07, 6.45) is 8.49. The number of halogens is 3. The van der Waals surface area contributed by atoms with Crippen molar-refractivity contribution < 1.29 is 11.4 Å². The molecule has 0 aliphatic rings. The van der Waals surface area contributed by atoms with Crippen molar-refractivity contribution in [1.29, 1.82) is 0 Å². The van der Waals surface area contributed by atoms with Crippen molar-refractivity contribution >= 4 is 46.0 Å². The molecule has 0 aliphatic heterocycles. The molecule has 0 atom stereocenters. The Labute approximate surface area is 140 Å². The molecular formula is C12H29Cl3CrNP2. The molecule has 119 valence electrons. The van der Waals surface area contributed by atoms with Gasteiger partial charge < -0.3 is 5.32 Å². The van der Waals surface area contributed by atoms with Gasteiger partial charge in [0.25, 0.3) is 0 Å². The molecule has 0 aliphatic carbocycles. The molecule has 0 aromatic rings. The molecule has 0 saturated heterocycles. The molecule has 0 fully saturated rings. The average molecular weight is 408 g/mol. The fourth-order valence-corrected chi connectivity index (χ4v) is 4.79. The van der Waals surface area contributed by atoms with E-state index in [1.165, 1.54) is 50.1 Å². The Morgan fingerprint density at radius 2 is 1.00 bits per heavy atom. The van der Waals surface area contributed by atoms with Crippen LogP contribution in [0.4, 0.5) is 0 Å². The Morgan fingerprint density at radius 1 is 0.737 bits per heavy atom. The maximum absolute atomic E-state index is 4.93. The summed E-state index contributed by atoms with van der Waals surface area (Å²) in [6, 6.07) is 0. The minimum absolute atomic E-state index is 0.347. The average Bonchev–Trinajstić information content (AvgIpc) is 2.38. The van der Waals surface area contributed by atoms with E-state index in [-0.39, 0.29) is 0 Å². The Hall–Kier alpha value is 2.22. The summed E-state index contributed by atoms with van der Waals surface area (Å²) < 4.78 is 0. The van der Waals surface area contributed by atoms with Crippen molar-refractivity contribution in [3.05, 3.63) is 0 Å². The minimum atomic E-state index is -1.62. The van der Waals surface area contributed by atoms with Crippen molar-refractivity contribution in [2.24, 2.45) is 0 Å². The third kappa shape index (κ3) is 20.2. The van der Waals surface area contributed by atoms with Crippen LogP contribution in [0.5, 0.6) is 0 Å². The van der Waals surface area contributed by atoms with Gasteiger partial charge in [0, 0.05) is 0 Å². The summed E-state index contributed by atoms with van der Waals surface area (Å²) in [4.78, 5) is 0. The van der Waals surface area contributed by atoms with Crippen LogP contribution in [0, 0.1) is 0 Å². The van der Waals surface area contributed by atoms with E-state index in [9.17, 15) is 0 Å². The van der Waals surface area contributed by atoms with Gasteiger partial charge in [0.2, 0.25) is 0 Å². The fraction of sp³-hybridized carbons (Fsp3) is 1.00. The second kappa shape index (κ2) is 18.3. The van der Waals surface area contributed by atoms with E-state index in [0.717, 1.165) is 0 Å². The molecule has 0 saturated carbocycles. The van der Waals surface area contributed by atoms with Crippen LogP contribution in [-0.2, 0) is 11.4 Å². The van der Waals surface area contributed by atoms with Crippen molar-refractivity contribution in [3.8, 4) is 0 Å². The zero-order chi connectivity index (χ0) is 15.1. The summed E-state index contributed by atoms with van der Waals surface area (Å²) in [5, 5.41) is 3.62. The Bertz CT molecular complexity index is 154. The molecule has 0 radical (unpaired) electrons. The van der Waals surface area contributed by atoms with Gasteiger partial charge in [-0.25, -0.2) is 0 Å². The molecule has 0 rings (SSSR count). The van der Waals surface area contributed by atoms with E-state index in [4.69, 9.17) is 30.1 Å². The van der Waals surface area contributed by atoms with Crippen LogP contribution in [0.1, 0.15) is 27.7 Å². The summed E-state index contributed by atoms with van der Waals surface area (Å²) in [5.74, 6) is 0. The van der Waals surface area contributed by atoms with Gasteiger partial charge in [0.1, 0.15) is 0 Å². The zero-order valence-corrected chi connectivity index (χ0v) is 17.9. The topological polar surface area (TPSA) is 12.0 Å². The number of hydrogen-bond acceptors (Lipinski definition) is 1. The Balaban J connectivity index is 0. The summed E-state index contributed by atoms with van der Waals surface area (Å²) in [5.41, 5.74) is 0. The van der Waals surface area contributed by atoms with E-state index in [0.29, 0.717) is 15.8 Å². The third-order valence-corrected chi connectivity index (χ3v) is 8.29. The van der Waals surface area contributed by atoms with Crippen LogP contribution < -0.4 is 5.32 Å². The van der Waals surface area contributed by atoms with Crippen LogP contribution in [-0.4, -0.2) is 50.1 Å². The normalized spacial score (nSPS) is 11.1. The van der Waals surface area contributed by atoms with E-state index >= 15 is 0 Å². The molecule has 1 nitrogen and oxygen atoms in total. The van der Waals surface area contributed by atoms with Gasteiger partial charge in [-0.15, -0.1) is 15.8 Å². The quantitative estimate of drug-likeness (QED) is 0.362. The third-order valence-electron chi connectivity index (χ3n) is 3.00. The van der Waals surface area contributed by atoms with Crippen LogP contribution in [0.3, 0.4) is 0 Å². The van der Waals surface area contributed by atoms with Crippen molar-refractivity contribution in [2.45, 2.75) is 27.7 Å². The first kappa shape index (κ1) is 23.5. The second-order valence-electron chi connectivity index (χ2n) is 3.98. The monoisotopic (exact) mass is 406 g/mol. The molecule has 0 amide bonds. The molecule has 7 heteroatoms. The van der Waals surface area contributed by atoms with E-state index < -0.39 is 11.4 Å². The van der Waals surface area contributed by atoms with Crippen LogP contribution in [0.25, 0.3) is 0 Å². The van der Waals surface area contributed by atoms with Gasteiger partial charge in [-0.3, -0.25) is 0 Å². The van der Waals surface area contributed by atoms with Crippen molar-refractivity contribution in [2.75, 3.05) is 50.1 Å². The maximum atomic E-state index is 4.93. The predicted molar refractivity (Wildman–Crippen MR) is 96.2 cm³/mol. The molecule has 19 heavy (non-hydrogen) atoms. The number of nitrogens with one attached hydrogen (secondary N) is 1. The van der Waals surface area contributed by atoms with E-state index in [2.05, 4.69) is 33.0 Å². The molecule has 0 unspecified atom stereocenters. The van der Waals surface area contributed by atoms with Gasteiger partial charge in [-0.2, -0.15) is 0 Å². The zero-order valence-electron chi connectivity index (χ0n) is 12.6. The van der Waals surface area contributed by atoms with Gasteiger partial charge in [0.15, 0.2) is 0 Å². The second-order valence-corrected chi connectivity index (χ2v) is 16.4. The first-order valence-corrected chi connectivity index (χ1v) is 16.0. The van der Waals surface area contributed by atoms with Gasteiger partial charge in [-0.05, 0) is 50.1 Å². The van der Waals surface area contributed by atoms with Crippen LogP contribution >= 0.6 is 46.0 Å². The van der Waals surface area contributed by atoms with Crippen LogP contribution in [0.2, 0.25) is 0 Å². The molecule has 1 N–H and O–H groups in total. The molecule has 0 aromatic carbocycles. The van der Waals surface area contributed by atoms with Gasteiger partial charge in [0.05, 0.1) is 0 Å². The first-order valence-electron chi connectivity index (χ1n) is 6.90. The van der Waals surface area contributed by atoms with Crippen molar-refractivity contribution in [1.82, 2.24) is 5.32 Å². The molecule has 0 bridgehead atoms. The van der Waals surface area contributed by atoms with Gasteiger partial charge in [-0.1, -0.05) is 27.7 Å². The molecule has 0 spiro atoms. The molecule has 0 aromatic heterocycles. The summed E-state index contributed by atoms with van der Waals surface area (Å²) >= 11 is -1.62. The predicted octanol–water partition coefficient (Wildman–Crippen LogP) is 5.69. The molecule has 0 heterocycles. The first-order chi connectivity index (χ1) is 9.01. The number of rotatable bonds is 10. The van der Waals surface area contributed by atoms with Crippen LogP contribution in [0.15, 0.2) is 0 Å². The summed E-state index contributed by atoms with van der Waals surface area (Å²) in [6.45, 7) is 11.9. The van der Waals surface area contributed by atoms with E-state index in [1.807, 2.05) is 0 Å².